The first-order valence-electron chi connectivity index (χ1n) is 8.88. The molecule has 2 heterocycles. The quantitative estimate of drug-likeness (QED) is 0.417. The maximum Gasteiger partial charge on any atom is 0.203 e. The van der Waals surface area contributed by atoms with Crippen LogP contribution in [-0.4, -0.2) is 47.4 Å². The first kappa shape index (κ1) is 19.6. The van der Waals surface area contributed by atoms with Crippen LogP contribution < -0.4 is 14.2 Å². The number of thiazole rings is 1. The van der Waals surface area contributed by atoms with E-state index in [0.717, 1.165) is 28.0 Å². The Morgan fingerprint density at radius 3 is 2.47 bits per heavy atom. The molecule has 4 rings (SSSR count). The van der Waals surface area contributed by atoms with Gasteiger partial charge in [0.15, 0.2) is 17.8 Å². The topological polar surface area (TPSA) is 88.4 Å². The lowest BCUT2D eigenvalue weighted by Crippen LogP contribution is -2.04. The molecule has 0 bridgehead atoms. The van der Waals surface area contributed by atoms with Crippen LogP contribution in [0, 0.1) is 0 Å². The molecule has 0 atom stereocenters. The van der Waals surface area contributed by atoms with Crippen molar-refractivity contribution < 1.29 is 19.0 Å². The Kier molecular flexibility index (Phi) is 5.44. The lowest BCUT2D eigenvalue weighted by molar-refractivity contribution is 0.112. The van der Waals surface area contributed by atoms with E-state index >= 15 is 0 Å². The number of benzene rings is 2. The normalized spacial score (nSPS) is 10.6. The number of hydrogen-bond donors (Lipinski definition) is 0. The van der Waals surface area contributed by atoms with Gasteiger partial charge in [0, 0.05) is 22.9 Å². The molecule has 0 aliphatic heterocycles. The second-order valence-corrected chi connectivity index (χ2v) is 7.05. The zero-order chi connectivity index (χ0) is 21.1. The van der Waals surface area contributed by atoms with Gasteiger partial charge < -0.3 is 14.2 Å². The summed E-state index contributed by atoms with van der Waals surface area (Å²) in [6.45, 7) is 0. The molecule has 0 saturated carbocycles. The fourth-order valence-corrected chi connectivity index (χ4v) is 3.94. The van der Waals surface area contributed by atoms with Crippen molar-refractivity contribution in [2.75, 3.05) is 21.3 Å². The number of aldehydes is 1. The van der Waals surface area contributed by atoms with Crippen molar-refractivity contribution in [2.45, 2.75) is 0 Å². The van der Waals surface area contributed by atoms with Gasteiger partial charge in [0.05, 0.1) is 37.4 Å². The predicted octanol–water partition coefficient (Wildman–Crippen LogP) is 3.90. The Hall–Kier alpha value is -3.72. The van der Waals surface area contributed by atoms with Crippen LogP contribution in [0.3, 0.4) is 0 Å². The number of carbonyl (C=O) groups is 1. The summed E-state index contributed by atoms with van der Waals surface area (Å²) in [5.74, 6) is 1.20. The fraction of sp³-hybridized carbons (Fsp3) is 0.143. The summed E-state index contributed by atoms with van der Waals surface area (Å²) in [4.78, 5) is 21.2. The van der Waals surface area contributed by atoms with Crippen LogP contribution in [0.15, 0.2) is 48.6 Å². The van der Waals surface area contributed by atoms with Crippen LogP contribution in [0.2, 0.25) is 0 Å². The molecule has 2 aromatic carbocycles. The summed E-state index contributed by atoms with van der Waals surface area (Å²) in [7, 11) is 4.56. The van der Waals surface area contributed by atoms with E-state index in [0.29, 0.717) is 28.4 Å². The molecule has 30 heavy (non-hydrogen) atoms. The zero-order valence-corrected chi connectivity index (χ0v) is 17.3. The monoisotopic (exact) mass is 422 g/mol. The number of aromatic nitrogens is 4. The van der Waals surface area contributed by atoms with E-state index < -0.39 is 0 Å². The van der Waals surface area contributed by atoms with Crippen molar-refractivity contribution in [1.82, 2.24) is 19.7 Å². The van der Waals surface area contributed by atoms with E-state index in [-0.39, 0.29) is 0 Å². The molecule has 0 amide bonds. The maximum absolute atomic E-state index is 12.0. The molecule has 8 nitrogen and oxygen atoms in total. The lowest BCUT2D eigenvalue weighted by atomic mass is 9.95. The Morgan fingerprint density at radius 2 is 1.87 bits per heavy atom. The van der Waals surface area contributed by atoms with Gasteiger partial charge in [-0.15, -0.1) is 11.3 Å². The SMILES string of the molecule is COc1cc(C=O)c(-c2ccc(-c3cncs3)cc2-n2cncn2)c(OC)c1OC. The highest BCUT2D eigenvalue weighted by atomic mass is 32.1. The molecule has 2 aromatic heterocycles. The second-order valence-electron chi connectivity index (χ2n) is 6.17. The van der Waals surface area contributed by atoms with Crippen LogP contribution >= 0.6 is 11.3 Å². The van der Waals surface area contributed by atoms with E-state index in [2.05, 4.69) is 15.1 Å². The van der Waals surface area contributed by atoms with Crippen molar-refractivity contribution in [2.24, 2.45) is 0 Å². The number of rotatable bonds is 7. The minimum Gasteiger partial charge on any atom is -0.493 e. The molecule has 0 spiro atoms. The van der Waals surface area contributed by atoms with Gasteiger partial charge in [-0.2, -0.15) is 5.10 Å². The number of hydrogen-bond acceptors (Lipinski definition) is 8. The number of carbonyl (C=O) groups excluding carboxylic acids is 1. The largest absolute Gasteiger partial charge is 0.493 e. The van der Waals surface area contributed by atoms with Crippen molar-refractivity contribution >= 4 is 17.6 Å². The standard InChI is InChI=1S/C21H18N4O4S/c1-27-17-7-14(9-26)19(21(29-3)20(17)28-2)15-5-4-13(18-8-22-12-30-18)6-16(15)25-11-23-10-24-25/h4-12H,1-3H3. The molecule has 0 N–H and O–H groups in total. The van der Waals surface area contributed by atoms with E-state index in [1.165, 1.54) is 39.0 Å². The lowest BCUT2D eigenvalue weighted by Gasteiger charge is -2.20. The molecule has 4 aromatic rings. The zero-order valence-electron chi connectivity index (χ0n) is 16.5. The van der Waals surface area contributed by atoms with Gasteiger partial charge in [0.25, 0.3) is 0 Å². The highest BCUT2D eigenvalue weighted by Gasteiger charge is 2.24. The molecule has 0 saturated heterocycles. The third-order valence-corrected chi connectivity index (χ3v) is 5.46. The van der Waals surface area contributed by atoms with E-state index in [1.54, 1.807) is 28.8 Å². The molecule has 0 fully saturated rings. The Balaban J connectivity index is 2.04. The van der Waals surface area contributed by atoms with E-state index in [1.807, 2.05) is 18.2 Å². The predicted molar refractivity (Wildman–Crippen MR) is 113 cm³/mol. The third kappa shape index (κ3) is 3.29. The Morgan fingerprint density at radius 1 is 1.03 bits per heavy atom. The average Bonchev–Trinajstić information content (AvgIpc) is 3.51. The maximum atomic E-state index is 12.0. The number of methoxy groups -OCH3 is 3. The highest BCUT2D eigenvalue weighted by molar-refractivity contribution is 7.13. The van der Waals surface area contributed by atoms with Crippen LogP contribution in [-0.2, 0) is 0 Å². The van der Waals surface area contributed by atoms with E-state index in [4.69, 9.17) is 14.2 Å². The number of nitrogens with zero attached hydrogens (tertiary/aromatic N) is 4. The molecule has 0 aliphatic rings. The average molecular weight is 422 g/mol. The summed E-state index contributed by atoms with van der Waals surface area (Å²) in [6.07, 6.45) is 5.62. The van der Waals surface area contributed by atoms with Gasteiger partial charge in [-0.25, -0.2) is 9.67 Å². The van der Waals surface area contributed by atoms with Gasteiger partial charge in [-0.05, 0) is 17.7 Å². The summed E-state index contributed by atoms with van der Waals surface area (Å²) in [5, 5.41) is 4.29. The highest BCUT2D eigenvalue weighted by Crippen LogP contribution is 2.48. The summed E-state index contributed by atoms with van der Waals surface area (Å²) in [5.41, 5.74) is 5.18. The molecule has 9 heteroatoms. The molecule has 0 unspecified atom stereocenters. The fourth-order valence-electron chi connectivity index (χ4n) is 3.32. The first-order chi connectivity index (χ1) is 14.7. The third-order valence-electron chi connectivity index (χ3n) is 4.64. The molecule has 0 aliphatic carbocycles. The van der Waals surface area contributed by atoms with Crippen molar-refractivity contribution in [3.05, 3.63) is 54.2 Å². The van der Waals surface area contributed by atoms with Gasteiger partial charge in [0.2, 0.25) is 5.75 Å². The first-order valence-corrected chi connectivity index (χ1v) is 9.76. The minimum atomic E-state index is 0.394. The number of ether oxygens (including phenoxy) is 3. The van der Waals surface area contributed by atoms with Gasteiger partial charge in [0.1, 0.15) is 12.7 Å². The molecular formula is C21H18N4O4S. The summed E-state index contributed by atoms with van der Waals surface area (Å²) in [6, 6.07) is 7.49. The van der Waals surface area contributed by atoms with Crippen molar-refractivity contribution in [1.29, 1.82) is 0 Å². The van der Waals surface area contributed by atoms with Crippen LogP contribution in [0.25, 0.3) is 27.3 Å². The van der Waals surface area contributed by atoms with Gasteiger partial charge in [-0.1, -0.05) is 12.1 Å². The van der Waals surface area contributed by atoms with Gasteiger partial charge >= 0.3 is 0 Å². The summed E-state index contributed by atoms with van der Waals surface area (Å²) < 4.78 is 18.2. The van der Waals surface area contributed by atoms with Crippen molar-refractivity contribution in [3.63, 3.8) is 0 Å². The Bertz CT molecular complexity index is 1170. The second kappa shape index (κ2) is 8.34. The molecular weight excluding hydrogens is 404 g/mol. The van der Waals surface area contributed by atoms with Gasteiger partial charge in [-0.3, -0.25) is 9.78 Å². The molecule has 0 radical (unpaired) electrons. The van der Waals surface area contributed by atoms with Crippen LogP contribution in [0.5, 0.6) is 17.2 Å². The van der Waals surface area contributed by atoms with Crippen LogP contribution in [0.4, 0.5) is 0 Å². The minimum absolute atomic E-state index is 0.394. The summed E-state index contributed by atoms with van der Waals surface area (Å²) >= 11 is 1.54. The Labute approximate surface area is 176 Å². The smallest absolute Gasteiger partial charge is 0.203 e. The van der Waals surface area contributed by atoms with Crippen molar-refractivity contribution in [3.8, 4) is 44.5 Å². The van der Waals surface area contributed by atoms with Crippen LogP contribution in [0.1, 0.15) is 10.4 Å². The molecule has 152 valence electrons. The van der Waals surface area contributed by atoms with E-state index in [9.17, 15) is 4.79 Å².